The summed E-state index contributed by atoms with van der Waals surface area (Å²) in [6.45, 7) is 0.262. The number of aromatic nitrogens is 4. The van der Waals surface area contributed by atoms with Crippen molar-refractivity contribution >= 4 is 22.6 Å². The monoisotopic (exact) mass is 370 g/mol. The first kappa shape index (κ1) is 13.0. The van der Waals surface area contributed by atoms with E-state index in [0.717, 1.165) is 24.2 Å². The third-order valence-corrected chi connectivity index (χ3v) is 4.93. The lowest BCUT2D eigenvalue weighted by atomic mass is 10.1. The number of rotatable bonds is 3. The fourth-order valence-electron chi connectivity index (χ4n) is 2.55. The first-order chi connectivity index (χ1) is 9.28. The molecule has 2 aromatic rings. The Morgan fingerprint density at radius 3 is 2.89 bits per heavy atom. The summed E-state index contributed by atoms with van der Waals surface area (Å²) in [4.78, 5) is 4.28. The maximum Gasteiger partial charge on any atom is 0.131 e. The molecule has 2 aromatic heterocycles. The van der Waals surface area contributed by atoms with Gasteiger partial charge in [0.15, 0.2) is 0 Å². The number of alkyl halides is 1. The standard InChI is InChI=1S/C13H15IN4O/c14-10-5-9(8-19)6-13(10)18-7-12(16-17-18)11-3-1-2-4-15-11/h1-4,7,9-10,13,19H,5-6,8H2/t9-,10-,13-/m1/s1. The van der Waals surface area contributed by atoms with E-state index in [0.29, 0.717) is 15.9 Å². The normalized spacial score (nSPS) is 26.7. The summed E-state index contributed by atoms with van der Waals surface area (Å²) < 4.78 is 2.42. The lowest BCUT2D eigenvalue weighted by Crippen LogP contribution is -2.14. The van der Waals surface area contributed by atoms with Crippen molar-refractivity contribution in [3.8, 4) is 11.4 Å². The molecule has 0 bridgehead atoms. The molecule has 0 radical (unpaired) electrons. The summed E-state index contributed by atoms with van der Waals surface area (Å²) in [5.74, 6) is 0.384. The number of pyridine rings is 1. The topological polar surface area (TPSA) is 63.8 Å². The van der Waals surface area contributed by atoms with Crippen molar-refractivity contribution in [2.24, 2.45) is 5.92 Å². The van der Waals surface area contributed by atoms with Crippen LogP contribution in [0.1, 0.15) is 18.9 Å². The van der Waals surface area contributed by atoms with E-state index in [1.807, 2.05) is 29.1 Å². The summed E-state index contributed by atoms with van der Waals surface area (Å²) in [5.41, 5.74) is 1.65. The van der Waals surface area contributed by atoms with Gasteiger partial charge in [-0.2, -0.15) is 0 Å². The minimum Gasteiger partial charge on any atom is -0.396 e. The highest BCUT2D eigenvalue weighted by Crippen LogP contribution is 2.39. The van der Waals surface area contributed by atoms with Crippen molar-refractivity contribution in [1.82, 2.24) is 20.0 Å². The van der Waals surface area contributed by atoms with Gasteiger partial charge in [-0.05, 0) is 30.9 Å². The van der Waals surface area contributed by atoms with E-state index in [4.69, 9.17) is 0 Å². The Hall–Kier alpha value is -1.02. The second-order valence-corrected chi connectivity index (χ2v) is 6.50. The molecular weight excluding hydrogens is 355 g/mol. The highest BCUT2D eigenvalue weighted by atomic mass is 127. The Kier molecular flexibility index (Phi) is 3.79. The van der Waals surface area contributed by atoms with E-state index >= 15 is 0 Å². The highest BCUT2D eigenvalue weighted by Gasteiger charge is 2.34. The molecule has 1 aliphatic rings. The van der Waals surface area contributed by atoms with Gasteiger partial charge in [-0.3, -0.25) is 4.98 Å². The van der Waals surface area contributed by atoms with Crippen LogP contribution in [0.3, 0.4) is 0 Å². The average Bonchev–Trinajstić information content (AvgIpc) is 3.06. The van der Waals surface area contributed by atoms with Crippen molar-refractivity contribution in [3.05, 3.63) is 30.6 Å². The molecule has 3 atom stereocenters. The fourth-order valence-corrected chi connectivity index (χ4v) is 3.90. The smallest absolute Gasteiger partial charge is 0.131 e. The Bertz CT molecular complexity index is 545. The number of hydrogen-bond donors (Lipinski definition) is 1. The van der Waals surface area contributed by atoms with Gasteiger partial charge in [0.25, 0.3) is 0 Å². The van der Waals surface area contributed by atoms with Gasteiger partial charge in [-0.25, -0.2) is 4.68 Å². The first-order valence-electron chi connectivity index (χ1n) is 6.36. The lowest BCUT2D eigenvalue weighted by Gasteiger charge is -2.13. The summed E-state index contributed by atoms with van der Waals surface area (Å²) in [5, 5.41) is 17.7. The fraction of sp³-hybridized carbons (Fsp3) is 0.462. The highest BCUT2D eigenvalue weighted by molar-refractivity contribution is 14.1. The number of aliphatic hydroxyl groups excluding tert-OH is 1. The van der Waals surface area contributed by atoms with Crippen LogP contribution in [0.15, 0.2) is 30.6 Å². The molecule has 0 saturated heterocycles. The zero-order valence-corrected chi connectivity index (χ0v) is 12.5. The first-order valence-corrected chi connectivity index (χ1v) is 7.60. The molecule has 0 unspecified atom stereocenters. The van der Waals surface area contributed by atoms with Gasteiger partial charge in [-0.15, -0.1) is 5.10 Å². The maximum atomic E-state index is 9.27. The predicted molar refractivity (Wildman–Crippen MR) is 79.9 cm³/mol. The van der Waals surface area contributed by atoms with E-state index in [9.17, 15) is 5.11 Å². The summed E-state index contributed by atoms with van der Waals surface area (Å²) in [6.07, 6.45) is 5.72. The second kappa shape index (κ2) is 5.54. The van der Waals surface area contributed by atoms with Gasteiger partial charge < -0.3 is 5.11 Å². The molecule has 0 aliphatic heterocycles. The minimum atomic E-state index is 0.262. The van der Waals surface area contributed by atoms with Crippen LogP contribution in [0.2, 0.25) is 0 Å². The van der Waals surface area contributed by atoms with Crippen LogP contribution < -0.4 is 0 Å². The van der Waals surface area contributed by atoms with E-state index < -0.39 is 0 Å². The van der Waals surface area contributed by atoms with Crippen molar-refractivity contribution in [1.29, 1.82) is 0 Å². The average molecular weight is 370 g/mol. The van der Waals surface area contributed by atoms with Crippen LogP contribution in [0, 0.1) is 5.92 Å². The number of aliphatic hydroxyl groups is 1. The Balaban J connectivity index is 1.82. The molecule has 1 N–H and O–H groups in total. The largest absolute Gasteiger partial charge is 0.396 e. The molecule has 2 heterocycles. The van der Waals surface area contributed by atoms with E-state index in [2.05, 4.69) is 37.9 Å². The summed E-state index contributed by atoms with van der Waals surface area (Å²) in [7, 11) is 0. The van der Waals surface area contributed by atoms with Gasteiger partial charge in [0.1, 0.15) is 5.69 Å². The molecule has 1 fully saturated rings. The van der Waals surface area contributed by atoms with E-state index in [1.165, 1.54) is 0 Å². The van der Waals surface area contributed by atoms with Crippen molar-refractivity contribution < 1.29 is 5.11 Å². The molecule has 1 saturated carbocycles. The Labute approximate surface area is 125 Å². The summed E-state index contributed by atoms with van der Waals surface area (Å²) >= 11 is 2.44. The minimum absolute atomic E-state index is 0.262. The summed E-state index contributed by atoms with van der Waals surface area (Å²) in [6, 6.07) is 6.08. The van der Waals surface area contributed by atoms with Gasteiger partial charge in [-0.1, -0.05) is 33.9 Å². The Morgan fingerprint density at radius 2 is 2.21 bits per heavy atom. The van der Waals surface area contributed by atoms with Gasteiger partial charge in [0.2, 0.25) is 0 Å². The molecule has 5 nitrogen and oxygen atoms in total. The lowest BCUT2D eigenvalue weighted by molar-refractivity contribution is 0.225. The van der Waals surface area contributed by atoms with E-state index in [1.54, 1.807) is 6.20 Å². The van der Waals surface area contributed by atoms with Crippen LogP contribution in [0.25, 0.3) is 11.4 Å². The molecule has 6 heteroatoms. The quantitative estimate of drug-likeness (QED) is 0.664. The van der Waals surface area contributed by atoms with Gasteiger partial charge >= 0.3 is 0 Å². The van der Waals surface area contributed by atoms with Gasteiger partial charge in [0.05, 0.1) is 17.9 Å². The number of hydrogen-bond acceptors (Lipinski definition) is 4. The van der Waals surface area contributed by atoms with Crippen LogP contribution in [-0.2, 0) is 0 Å². The molecule has 3 rings (SSSR count). The van der Waals surface area contributed by atoms with Crippen LogP contribution in [-0.4, -0.2) is 35.6 Å². The SMILES string of the molecule is OC[C@@H]1C[C@@H](I)[C@H](n2cc(-c3ccccn3)nn2)C1. The molecule has 19 heavy (non-hydrogen) atoms. The molecule has 0 spiro atoms. The van der Waals surface area contributed by atoms with Crippen LogP contribution in [0.5, 0.6) is 0 Å². The van der Waals surface area contributed by atoms with Crippen LogP contribution >= 0.6 is 22.6 Å². The predicted octanol–water partition coefficient (Wildman–Crippen LogP) is 2.09. The third-order valence-electron chi connectivity index (χ3n) is 3.59. The maximum absolute atomic E-state index is 9.27. The van der Waals surface area contributed by atoms with E-state index in [-0.39, 0.29) is 6.61 Å². The third kappa shape index (κ3) is 2.64. The second-order valence-electron chi connectivity index (χ2n) is 4.90. The molecule has 100 valence electrons. The Morgan fingerprint density at radius 1 is 1.32 bits per heavy atom. The molecule has 1 aliphatic carbocycles. The molecular formula is C13H15IN4O. The molecule has 0 aromatic carbocycles. The van der Waals surface area contributed by atoms with Crippen molar-refractivity contribution in [2.75, 3.05) is 6.61 Å². The number of nitrogens with zero attached hydrogens (tertiary/aromatic N) is 4. The number of halogens is 1. The van der Waals surface area contributed by atoms with Crippen molar-refractivity contribution in [3.63, 3.8) is 0 Å². The van der Waals surface area contributed by atoms with Gasteiger partial charge in [0, 0.05) is 16.7 Å². The molecule has 0 amide bonds. The zero-order chi connectivity index (χ0) is 13.2. The van der Waals surface area contributed by atoms with Crippen molar-refractivity contribution in [2.45, 2.75) is 22.8 Å². The zero-order valence-electron chi connectivity index (χ0n) is 10.4. The van der Waals surface area contributed by atoms with Crippen LogP contribution in [0.4, 0.5) is 0 Å².